The average molecular weight is 710 g/mol. The van der Waals surface area contributed by atoms with Gasteiger partial charge in [-0.25, -0.2) is 0 Å². The topological polar surface area (TPSA) is 228 Å². The molecule has 0 bridgehead atoms. The van der Waals surface area contributed by atoms with Crippen LogP contribution in [0, 0.1) is 0 Å². The third-order valence-corrected chi connectivity index (χ3v) is 7.14. The van der Waals surface area contributed by atoms with Gasteiger partial charge in [-0.05, 0) is 25.7 Å². The number of rotatable bonds is 15. The first-order chi connectivity index (χ1) is 21.8. The van der Waals surface area contributed by atoms with Crippen molar-refractivity contribution in [2.45, 2.75) is 56.2 Å². The van der Waals surface area contributed by atoms with Crippen molar-refractivity contribution >= 4 is 59.2 Å². The number of esters is 2. The largest absolute Gasteiger partial charge is 0.471 e. The Bertz CT molecular complexity index is 1200. The minimum absolute atomic E-state index is 0.00302. The van der Waals surface area contributed by atoms with E-state index in [9.17, 15) is 59.9 Å². The lowest BCUT2D eigenvalue weighted by Gasteiger charge is -2.30. The van der Waals surface area contributed by atoms with Crippen molar-refractivity contribution in [3.63, 3.8) is 0 Å². The number of thioether (sulfide) groups is 1. The summed E-state index contributed by atoms with van der Waals surface area (Å²) in [5.41, 5.74) is 5.25. The lowest BCUT2D eigenvalue weighted by molar-refractivity contribution is -0.175. The standard InChI is InChI=1S/C24H33F6N7O9S/c1-45-15(38)9-33-17(40)12(5-3-7-32-22(31)36-21(44)24(28,29)30)34-18(41)14-6-4-8-37(14)19(42)13(10-47-11-16(39)46-2)35-20(43)23(25,26)27/h12-14H,3-11H2,1-2H3,(H,33,40)(H,34,41)(H,35,43)(H3,31,32,36,44). The van der Waals surface area contributed by atoms with Gasteiger partial charge in [0.05, 0.1) is 20.0 Å². The van der Waals surface area contributed by atoms with E-state index in [4.69, 9.17) is 5.73 Å². The maximum Gasteiger partial charge on any atom is 0.471 e. The predicted octanol–water partition coefficient (Wildman–Crippen LogP) is -1.52. The molecular formula is C24H33F6N7O9S. The second kappa shape index (κ2) is 18.7. The van der Waals surface area contributed by atoms with Gasteiger partial charge < -0.3 is 36.1 Å². The van der Waals surface area contributed by atoms with Crippen LogP contribution < -0.4 is 27.0 Å². The molecule has 1 aliphatic heterocycles. The van der Waals surface area contributed by atoms with E-state index >= 15 is 0 Å². The van der Waals surface area contributed by atoms with Gasteiger partial charge in [0, 0.05) is 18.8 Å². The zero-order valence-electron chi connectivity index (χ0n) is 24.9. The summed E-state index contributed by atoms with van der Waals surface area (Å²) >= 11 is 0.691. The summed E-state index contributed by atoms with van der Waals surface area (Å²) < 4.78 is 84.9. The second-order valence-electron chi connectivity index (χ2n) is 9.52. The molecule has 0 aromatic heterocycles. The Kier molecular flexibility index (Phi) is 16.2. The van der Waals surface area contributed by atoms with Crippen LogP contribution in [0.25, 0.3) is 0 Å². The number of nitrogens with two attached hydrogens (primary N) is 1. The van der Waals surface area contributed by atoms with E-state index in [0.29, 0.717) is 11.8 Å². The van der Waals surface area contributed by atoms with E-state index in [-0.39, 0.29) is 44.5 Å². The number of amides is 5. The predicted molar refractivity (Wildman–Crippen MR) is 149 cm³/mol. The third-order valence-electron chi connectivity index (χ3n) is 6.13. The maximum absolute atomic E-state index is 13.3. The van der Waals surface area contributed by atoms with Crippen LogP contribution in [0.15, 0.2) is 4.99 Å². The highest BCUT2D eigenvalue weighted by atomic mass is 32.2. The van der Waals surface area contributed by atoms with E-state index in [0.717, 1.165) is 19.1 Å². The lowest BCUT2D eigenvalue weighted by Crippen LogP contribution is -2.58. The fraction of sp³-hybridized carbons (Fsp3) is 0.667. The average Bonchev–Trinajstić information content (AvgIpc) is 3.49. The molecule has 0 aromatic carbocycles. The summed E-state index contributed by atoms with van der Waals surface area (Å²) in [4.78, 5) is 89.2. The Morgan fingerprint density at radius 3 is 2.13 bits per heavy atom. The number of aliphatic imine (C=N–C) groups is 1. The van der Waals surface area contributed by atoms with E-state index in [1.54, 1.807) is 5.32 Å². The van der Waals surface area contributed by atoms with Gasteiger partial charge in [-0.15, -0.1) is 11.8 Å². The van der Waals surface area contributed by atoms with Crippen LogP contribution in [0.3, 0.4) is 0 Å². The molecule has 23 heteroatoms. The molecule has 3 unspecified atom stereocenters. The number of ether oxygens (including phenoxy) is 2. The highest BCUT2D eigenvalue weighted by Gasteiger charge is 2.44. The normalized spacial score (nSPS) is 16.4. The number of likely N-dealkylation sites (tertiary alicyclic amines) is 1. The van der Waals surface area contributed by atoms with Gasteiger partial charge in [0.2, 0.25) is 17.7 Å². The van der Waals surface area contributed by atoms with Crippen LogP contribution >= 0.6 is 11.8 Å². The number of halogens is 6. The number of hydrogen-bond acceptors (Lipinski definition) is 11. The summed E-state index contributed by atoms with van der Waals surface area (Å²) in [5, 5.41) is 7.45. The molecule has 0 aliphatic carbocycles. The van der Waals surface area contributed by atoms with Crippen molar-refractivity contribution in [1.82, 2.24) is 26.2 Å². The first-order valence-corrected chi connectivity index (χ1v) is 14.6. The Morgan fingerprint density at radius 2 is 1.55 bits per heavy atom. The SMILES string of the molecule is COC(=O)CNC(=O)C(CCCN=C(N)NC(=O)C(F)(F)F)NC(=O)C1CCCN1C(=O)C(CSCC(=O)OC)NC(=O)C(F)(F)F. The van der Waals surface area contributed by atoms with E-state index < -0.39 is 90.2 Å². The summed E-state index contributed by atoms with van der Waals surface area (Å²) in [7, 11) is 2.10. The Labute approximate surface area is 267 Å². The molecule has 5 amide bonds. The van der Waals surface area contributed by atoms with Crippen LogP contribution in [0.1, 0.15) is 25.7 Å². The van der Waals surface area contributed by atoms with Gasteiger partial charge in [0.25, 0.3) is 0 Å². The van der Waals surface area contributed by atoms with Gasteiger partial charge in [-0.1, -0.05) is 0 Å². The Balaban J connectivity index is 3.07. The maximum atomic E-state index is 13.3. The molecule has 3 atom stereocenters. The molecule has 1 aliphatic rings. The molecule has 266 valence electrons. The van der Waals surface area contributed by atoms with E-state index in [2.05, 4.69) is 25.1 Å². The molecule has 6 N–H and O–H groups in total. The summed E-state index contributed by atoms with van der Waals surface area (Å²) in [6, 6.07) is -4.56. The zero-order chi connectivity index (χ0) is 35.9. The molecule has 47 heavy (non-hydrogen) atoms. The molecule has 1 heterocycles. The molecule has 16 nitrogen and oxygen atoms in total. The smallest absolute Gasteiger partial charge is 0.468 e. The fourth-order valence-corrected chi connectivity index (χ4v) is 4.71. The Morgan fingerprint density at radius 1 is 0.936 bits per heavy atom. The summed E-state index contributed by atoms with van der Waals surface area (Å²) in [5.74, 6) is -11.1. The van der Waals surface area contributed by atoms with Gasteiger partial charge in [0.15, 0.2) is 5.96 Å². The molecule has 0 aromatic rings. The number of nitrogens with zero attached hydrogens (tertiary/aromatic N) is 2. The van der Waals surface area contributed by atoms with Crippen LogP contribution in [-0.4, -0.2) is 128 Å². The van der Waals surface area contributed by atoms with Crippen molar-refractivity contribution in [3.8, 4) is 0 Å². The van der Waals surface area contributed by atoms with Gasteiger partial charge in [-0.2, -0.15) is 26.3 Å². The number of methoxy groups -OCH3 is 2. The minimum atomic E-state index is -5.35. The van der Waals surface area contributed by atoms with Crippen molar-refractivity contribution in [2.24, 2.45) is 10.7 Å². The number of guanidine groups is 1. The molecule has 0 radical (unpaired) electrons. The van der Waals surface area contributed by atoms with Crippen LogP contribution in [-0.2, 0) is 43.0 Å². The highest BCUT2D eigenvalue weighted by Crippen LogP contribution is 2.22. The fourth-order valence-electron chi connectivity index (χ4n) is 3.85. The van der Waals surface area contributed by atoms with Gasteiger partial charge >= 0.3 is 36.1 Å². The molecule has 1 rings (SSSR count). The quantitative estimate of drug-likeness (QED) is 0.0431. The highest BCUT2D eigenvalue weighted by molar-refractivity contribution is 8.00. The van der Waals surface area contributed by atoms with Crippen LogP contribution in [0.2, 0.25) is 0 Å². The van der Waals surface area contributed by atoms with Crippen molar-refractivity contribution < 1.29 is 69.4 Å². The van der Waals surface area contributed by atoms with E-state index in [1.165, 1.54) is 5.32 Å². The number of alkyl halides is 6. The van der Waals surface area contributed by atoms with Crippen molar-refractivity contribution in [1.29, 1.82) is 0 Å². The van der Waals surface area contributed by atoms with Crippen molar-refractivity contribution in [2.75, 3.05) is 45.4 Å². The Hall–Kier alpha value is -4.31. The number of carbonyl (C=O) groups is 7. The summed E-state index contributed by atoms with van der Waals surface area (Å²) in [6.07, 6.45) is -10.7. The van der Waals surface area contributed by atoms with Crippen LogP contribution in [0.4, 0.5) is 26.3 Å². The molecule has 0 spiro atoms. The molecule has 1 saturated heterocycles. The number of carbonyl (C=O) groups excluding carboxylic acids is 7. The first kappa shape index (κ1) is 40.7. The van der Waals surface area contributed by atoms with E-state index in [1.807, 2.05) is 0 Å². The number of hydrogen-bond donors (Lipinski definition) is 5. The molecule has 0 saturated carbocycles. The second-order valence-corrected chi connectivity index (χ2v) is 10.6. The van der Waals surface area contributed by atoms with Gasteiger partial charge in [-0.3, -0.25) is 43.9 Å². The molecule has 1 fully saturated rings. The number of nitrogens with one attached hydrogen (secondary N) is 4. The summed E-state index contributed by atoms with van der Waals surface area (Å²) in [6.45, 7) is -1.07. The first-order valence-electron chi connectivity index (χ1n) is 13.5. The zero-order valence-corrected chi connectivity index (χ0v) is 25.7. The van der Waals surface area contributed by atoms with Crippen LogP contribution in [0.5, 0.6) is 0 Å². The van der Waals surface area contributed by atoms with Gasteiger partial charge in [0.1, 0.15) is 24.7 Å². The third kappa shape index (κ3) is 14.3. The minimum Gasteiger partial charge on any atom is -0.468 e. The van der Waals surface area contributed by atoms with Crippen molar-refractivity contribution in [3.05, 3.63) is 0 Å². The monoisotopic (exact) mass is 709 g/mol. The molecular weight excluding hydrogens is 676 g/mol. The lowest BCUT2D eigenvalue weighted by atomic mass is 10.1.